The van der Waals surface area contributed by atoms with Crippen LogP contribution in [0.5, 0.6) is 0 Å². The lowest BCUT2D eigenvalue weighted by Gasteiger charge is -2.17. The maximum Gasteiger partial charge on any atom is 0.152 e. The van der Waals surface area contributed by atoms with Crippen molar-refractivity contribution in [3.05, 3.63) is 175 Å². The molecule has 6 rings (SSSR count). The van der Waals surface area contributed by atoms with E-state index in [1.165, 1.54) is 0 Å². The highest BCUT2D eigenvalue weighted by Crippen LogP contribution is 2.36. The Bertz CT molecular complexity index is 1400. The van der Waals surface area contributed by atoms with Crippen LogP contribution in [0, 0.1) is 6.10 Å². The normalized spacial score (nSPS) is 11.0. The summed E-state index contributed by atoms with van der Waals surface area (Å²) in [4.78, 5) is 0. The molecule has 6 aromatic rings. The van der Waals surface area contributed by atoms with Gasteiger partial charge in [0.2, 0.25) is 0 Å². The van der Waals surface area contributed by atoms with Gasteiger partial charge in [0.25, 0.3) is 0 Å². The Labute approximate surface area is 224 Å². The van der Waals surface area contributed by atoms with Gasteiger partial charge in [0.05, 0.1) is 0 Å². The molecular formula is C37H27O. The highest BCUT2D eigenvalue weighted by Gasteiger charge is 2.18. The summed E-state index contributed by atoms with van der Waals surface area (Å²) in [6.07, 6.45) is 0.259. The summed E-state index contributed by atoms with van der Waals surface area (Å²) in [6, 6.07) is 54.0. The zero-order chi connectivity index (χ0) is 25.7. The Morgan fingerprint density at radius 3 is 0.763 bits per heavy atom. The number of hydrogen-bond acceptors (Lipinski definition) is 1. The molecule has 1 N–H and O–H groups in total. The third kappa shape index (κ3) is 5.06. The molecule has 0 saturated heterocycles. The lowest BCUT2D eigenvalue weighted by molar-refractivity contribution is 0.356. The predicted octanol–water partition coefficient (Wildman–Crippen LogP) is 9.66. The van der Waals surface area contributed by atoms with E-state index in [9.17, 15) is 5.11 Å². The second kappa shape index (κ2) is 10.7. The summed E-state index contributed by atoms with van der Waals surface area (Å²) < 4.78 is 0. The SMILES string of the molecule is O[C](c1cc(-c2ccccc2)cc(-c2ccccc2)c1)c1cc(-c2ccccc2)cc(-c2ccccc2)c1. The fourth-order valence-corrected chi connectivity index (χ4v) is 4.88. The van der Waals surface area contributed by atoms with Crippen molar-refractivity contribution in [2.75, 3.05) is 0 Å². The molecule has 0 aromatic heterocycles. The van der Waals surface area contributed by atoms with E-state index in [0.29, 0.717) is 0 Å². The standard InChI is InChI=1S/C37H27O/c38-37(35-23-31(27-13-5-1-6-14-27)21-32(24-35)28-15-7-2-8-16-28)36-25-33(29-17-9-3-10-18-29)22-34(26-36)30-19-11-4-12-20-30/h1-26,38H. The zero-order valence-corrected chi connectivity index (χ0v) is 21.0. The minimum absolute atomic E-state index is 0.259. The zero-order valence-electron chi connectivity index (χ0n) is 21.0. The fraction of sp³-hybridized carbons (Fsp3) is 0. The van der Waals surface area contributed by atoms with Crippen LogP contribution >= 0.6 is 0 Å². The van der Waals surface area contributed by atoms with Gasteiger partial charge in [-0.2, -0.15) is 0 Å². The molecule has 0 bridgehead atoms. The highest BCUT2D eigenvalue weighted by molar-refractivity contribution is 5.78. The van der Waals surface area contributed by atoms with Crippen molar-refractivity contribution >= 4 is 0 Å². The maximum atomic E-state index is 11.8. The third-order valence-corrected chi connectivity index (χ3v) is 6.84. The maximum absolute atomic E-state index is 11.8. The number of rotatable bonds is 6. The van der Waals surface area contributed by atoms with Crippen molar-refractivity contribution < 1.29 is 5.11 Å². The second-order valence-electron chi connectivity index (χ2n) is 9.41. The van der Waals surface area contributed by atoms with Crippen molar-refractivity contribution in [2.45, 2.75) is 0 Å². The van der Waals surface area contributed by atoms with Crippen LogP contribution < -0.4 is 0 Å². The number of aliphatic hydroxyl groups excluding tert-OH is 1. The molecule has 0 aliphatic heterocycles. The molecule has 1 radical (unpaired) electrons. The van der Waals surface area contributed by atoms with Crippen molar-refractivity contribution in [3.8, 4) is 44.5 Å². The van der Waals surface area contributed by atoms with Gasteiger partial charge in [0, 0.05) is 0 Å². The van der Waals surface area contributed by atoms with Crippen LogP contribution in [0.3, 0.4) is 0 Å². The molecule has 0 saturated carbocycles. The van der Waals surface area contributed by atoms with Crippen molar-refractivity contribution in [1.82, 2.24) is 0 Å². The molecule has 0 atom stereocenters. The number of benzene rings is 6. The molecule has 0 aliphatic carbocycles. The summed E-state index contributed by atoms with van der Waals surface area (Å²) in [5.74, 6) is 0. The first kappa shape index (κ1) is 23.7. The van der Waals surface area contributed by atoms with E-state index < -0.39 is 0 Å². The first-order valence-corrected chi connectivity index (χ1v) is 12.8. The summed E-state index contributed by atoms with van der Waals surface area (Å²) in [5.41, 5.74) is 10.3. The summed E-state index contributed by atoms with van der Waals surface area (Å²) in [7, 11) is 0. The van der Waals surface area contributed by atoms with E-state index in [0.717, 1.165) is 55.6 Å². The molecule has 38 heavy (non-hydrogen) atoms. The largest absolute Gasteiger partial charge is 0.377 e. The predicted molar refractivity (Wildman–Crippen MR) is 158 cm³/mol. The minimum Gasteiger partial charge on any atom is -0.377 e. The van der Waals surface area contributed by atoms with Gasteiger partial charge in [-0.1, -0.05) is 121 Å². The van der Waals surface area contributed by atoms with E-state index in [4.69, 9.17) is 0 Å². The average Bonchev–Trinajstić information content (AvgIpc) is 3.02. The van der Waals surface area contributed by atoms with E-state index in [2.05, 4.69) is 84.9 Å². The van der Waals surface area contributed by atoms with Gasteiger partial charge >= 0.3 is 0 Å². The van der Waals surface area contributed by atoms with E-state index in [1.54, 1.807) is 0 Å². The van der Waals surface area contributed by atoms with E-state index in [1.807, 2.05) is 72.8 Å². The van der Waals surface area contributed by atoms with Crippen LogP contribution in [0.1, 0.15) is 11.1 Å². The Morgan fingerprint density at radius 1 is 0.289 bits per heavy atom. The molecule has 0 unspecified atom stereocenters. The lowest BCUT2D eigenvalue weighted by atomic mass is 9.89. The number of aliphatic hydroxyl groups is 1. The van der Waals surface area contributed by atoms with Crippen molar-refractivity contribution in [3.63, 3.8) is 0 Å². The molecular weight excluding hydrogens is 460 g/mol. The highest BCUT2D eigenvalue weighted by atomic mass is 16.3. The lowest BCUT2D eigenvalue weighted by Crippen LogP contribution is -2.03. The van der Waals surface area contributed by atoms with E-state index >= 15 is 0 Å². The van der Waals surface area contributed by atoms with Gasteiger partial charge in [-0.25, -0.2) is 0 Å². The Morgan fingerprint density at radius 2 is 0.526 bits per heavy atom. The van der Waals surface area contributed by atoms with Crippen LogP contribution in [0.25, 0.3) is 44.5 Å². The first-order valence-electron chi connectivity index (χ1n) is 12.8. The Kier molecular flexibility index (Phi) is 6.68. The molecule has 0 spiro atoms. The molecule has 181 valence electrons. The molecule has 0 heterocycles. The van der Waals surface area contributed by atoms with Crippen LogP contribution in [0.2, 0.25) is 0 Å². The summed E-state index contributed by atoms with van der Waals surface area (Å²) >= 11 is 0. The summed E-state index contributed by atoms with van der Waals surface area (Å²) in [5, 5.41) is 11.8. The summed E-state index contributed by atoms with van der Waals surface area (Å²) in [6.45, 7) is 0. The van der Waals surface area contributed by atoms with Crippen LogP contribution in [-0.2, 0) is 0 Å². The van der Waals surface area contributed by atoms with Gasteiger partial charge in [-0.05, 0) is 92.0 Å². The van der Waals surface area contributed by atoms with E-state index in [-0.39, 0.29) is 6.10 Å². The second-order valence-corrected chi connectivity index (χ2v) is 9.41. The minimum atomic E-state index is 0.259. The van der Waals surface area contributed by atoms with Crippen LogP contribution in [0.15, 0.2) is 158 Å². The Hall–Kier alpha value is -4.72. The van der Waals surface area contributed by atoms with Crippen molar-refractivity contribution in [2.24, 2.45) is 0 Å². The van der Waals surface area contributed by atoms with Gasteiger partial charge in [-0.15, -0.1) is 0 Å². The Balaban J connectivity index is 1.51. The molecule has 1 nitrogen and oxygen atoms in total. The molecule has 0 aliphatic rings. The van der Waals surface area contributed by atoms with Crippen LogP contribution in [0.4, 0.5) is 0 Å². The quantitative estimate of drug-likeness (QED) is 0.248. The van der Waals surface area contributed by atoms with Gasteiger partial charge in [-0.3, -0.25) is 0 Å². The molecule has 6 aromatic carbocycles. The smallest absolute Gasteiger partial charge is 0.152 e. The van der Waals surface area contributed by atoms with Crippen molar-refractivity contribution in [1.29, 1.82) is 0 Å². The fourth-order valence-electron chi connectivity index (χ4n) is 4.88. The van der Waals surface area contributed by atoms with Gasteiger partial charge in [0.15, 0.2) is 6.10 Å². The molecule has 0 fully saturated rings. The van der Waals surface area contributed by atoms with Crippen LogP contribution in [-0.4, -0.2) is 5.11 Å². The first-order chi connectivity index (χ1) is 18.7. The van der Waals surface area contributed by atoms with Gasteiger partial charge < -0.3 is 5.11 Å². The topological polar surface area (TPSA) is 20.2 Å². The van der Waals surface area contributed by atoms with Gasteiger partial charge in [0.1, 0.15) is 0 Å². The molecule has 0 amide bonds. The number of hydrogen-bond donors (Lipinski definition) is 1. The molecule has 1 heteroatoms. The monoisotopic (exact) mass is 487 g/mol. The average molecular weight is 488 g/mol. The third-order valence-electron chi connectivity index (χ3n) is 6.84.